The van der Waals surface area contributed by atoms with Crippen LogP contribution in [0, 0.1) is 5.92 Å². The molecule has 0 radical (unpaired) electrons. The number of H-pyrrole nitrogens is 1. The predicted molar refractivity (Wildman–Crippen MR) is 89.7 cm³/mol. The lowest BCUT2D eigenvalue weighted by atomic mass is 10.2. The van der Waals surface area contributed by atoms with Crippen LogP contribution in [0.15, 0.2) is 4.79 Å². The topological polar surface area (TPSA) is 182 Å². The van der Waals surface area contributed by atoms with Gasteiger partial charge in [-0.1, -0.05) is 19.1 Å². The van der Waals surface area contributed by atoms with E-state index in [-0.39, 0.29) is 42.0 Å². The maximum absolute atomic E-state index is 12.2. The number of nitrogens with zero attached hydrogens (tertiary/aromatic N) is 4. The number of ether oxygens (including phenoxy) is 1. The van der Waals surface area contributed by atoms with Crippen molar-refractivity contribution >= 4 is 31.3 Å². The maximum atomic E-state index is 12.2. The van der Waals surface area contributed by atoms with E-state index in [4.69, 9.17) is 14.2 Å². The summed E-state index contributed by atoms with van der Waals surface area (Å²) in [6.45, 7) is 3.02. The van der Waals surface area contributed by atoms with Crippen molar-refractivity contribution in [2.24, 2.45) is 5.92 Å². The Balaban J connectivity index is 2.01. The van der Waals surface area contributed by atoms with Gasteiger partial charge in [-0.2, -0.15) is 9.67 Å². The molecule has 27 heavy (non-hydrogen) atoms. The molecule has 0 spiro atoms. The van der Waals surface area contributed by atoms with Gasteiger partial charge in [0.25, 0.3) is 5.56 Å². The average molecular weight is 401 g/mol. The number of hydrogen-bond acceptors (Lipinski definition) is 9. The number of aromatic nitrogens is 5. The summed E-state index contributed by atoms with van der Waals surface area (Å²) in [4.78, 5) is 39.6. The zero-order chi connectivity index (χ0) is 19.7. The summed E-state index contributed by atoms with van der Waals surface area (Å²) < 4.78 is 22.7. The molecule has 0 saturated carbocycles. The van der Waals surface area contributed by atoms with Crippen molar-refractivity contribution in [3.05, 3.63) is 10.4 Å². The number of nitrogens with one attached hydrogen (secondary N) is 2. The average Bonchev–Trinajstić information content (AvgIpc) is 3.18. The Morgan fingerprint density at radius 3 is 2.93 bits per heavy atom. The maximum Gasteiger partial charge on any atom is 0.695 e. The zero-order valence-corrected chi connectivity index (χ0v) is 15.3. The molecule has 0 aliphatic carbocycles. The van der Waals surface area contributed by atoms with E-state index in [1.165, 1.54) is 0 Å². The molecule has 2 aromatic rings. The molecule has 1 amide bonds. The highest BCUT2D eigenvalue weighted by Crippen LogP contribution is 2.36. The van der Waals surface area contributed by atoms with Crippen LogP contribution in [0.4, 0.5) is 5.95 Å². The van der Waals surface area contributed by atoms with Gasteiger partial charge in [-0.3, -0.25) is 19.9 Å². The van der Waals surface area contributed by atoms with Gasteiger partial charge in [0, 0.05) is 16.9 Å². The van der Waals surface area contributed by atoms with Crippen molar-refractivity contribution in [3.63, 3.8) is 0 Å². The molecule has 4 atom stereocenters. The summed E-state index contributed by atoms with van der Waals surface area (Å²) >= 11 is 0. The molecule has 0 aromatic carbocycles. The first-order chi connectivity index (χ1) is 12.8. The van der Waals surface area contributed by atoms with E-state index in [1.54, 1.807) is 13.8 Å². The van der Waals surface area contributed by atoms with Crippen LogP contribution in [0.2, 0.25) is 0 Å². The van der Waals surface area contributed by atoms with Crippen molar-refractivity contribution in [2.45, 2.75) is 38.7 Å². The van der Waals surface area contributed by atoms with E-state index in [9.17, 15) is 19.3 Å². The molecule has 146 valence electrons. The summed E-state index contributed by atoms with van der Waals surface area (Å²) in [6.07, 6.45) is -2.49. The molecule has 1 saturated heterocycles. The molecule has 3 heterocycles. The summed E-state index contributed by atoms with van der Waals surface area (Å²) in [6, 6.07) is 0. The second-order valence-corrected chi connectivity index (χ2v) is 6.90. The number of aliphatic hydroxyl groups is 1. The highest BCUT2D eigenvalue weighted by atomic mass is 31.1. The Morgan fingerprint density at radius 2 is 2.30 bits per heavy atom. The van der Waals surface area contributed by atoms with Gasteiger partial charge in [-0.15, -0.1) is 14.5 Å². The fourth-order valence-electron chi connectivity index (χ4n) is 2.59. The predicted octanol–water partition coefficient (Wildman–Crippen LogP) is -0.576. The number of amides is 1. The molecule has 1 fully saturated rings. The smallest absolute Gasteiger partial charge is 0.394 e. The molecular weight excluding hydrogens is 383 g/mol. The fraction of sp³-hybridized carbons (Fsp3) is 0.615. The Morgan fingerprint density at radius 1 is 1.56 bits per heavy atom. The first kappa shape index (κ1) is 19.5. The summed E-state index contributed by atoms with van der Waals surface area (Å²) in [5, 5.41) is 19.3. The summed E-state index contributed by atoms with van der Waals surface area (Å²) in [7, 11) is -2.93. The summed E-state index contributed by atoms with van der Waals surface area (Å²) in [5.74, 6) is -0.791. The SMILES string of the molecule is CC(C)C(=O)Nc1nc2c(nnn2[C@@H]2O[C@H](CO)C[C@@H]2O[P+](=O)O)c(=O)[nH]1. The standard InChI is InChI=1S/C13H17N6O7P/c1-5(2)10(21)15-13-14-9-8(11(22)16-13)17-18-19(9)12-7(26-27(23)24)3-6(4-20)25-12/h5-7,12,20H,3-4H2,1-2H3,(H2-,14,15,16,18,21,22,23,24)/p+1/t6-,7-,12+/m0/s1. The van der Waals surface area contributed by atoms with Gasteiger partial charge in [0.2, 0.25) is 11.9 Å². The third kappa shape index (κ3) is 4.01. The van der Waals surface area contributed by atoms with E-state index in [0.29, 0.717) is 0 Å². The van der Waals surface area contributed by atoms with Crippen molar-refractivity contribution < 1.29 is 28.6 Å². The molecule has 13 nitrogen and oxygen atoms in total. The quantitative estimate of drug-likeness (QED) is 0.457. The number of carbonyl (C=O) groups excluding carboxylic acids is 1. The fourth-order valence-corrected chi connectivity index (χ4v) is 3.01. The van der Waals surface area contributed by atoms with Crippen molar-refractivity contribution in [3.8, 4) is 0 Å². The lowest BCUT2D eigenvalue weighted by Crippen LogP contribution is -2.24. The molecule has 1 aliphatic rings. The molecule has 3 rings (SSSR count). The first-order valence-electron chi connectivity index (χ1n) is 8.05. The van der Waals surface area contributed by atoms with Crippen LogP contribution in [0.3, 0.4) is 0 Å². The van der Waals surface area contributed by atoms with Crippen LogP contribution in [-0.4, -0.2) is 59.7 Å². The lowest BCUT2D eigenvalue weighted by molar-refractivity contribution is -0.118. The number of fused-ring (bicyclic) bond motifs is 1. The van der Waals surface area contributed by atoms with Crippen LogP contribution in [0.25, 0.3) is 11.2 Å². The molecule has 1 aliphatic heterocycles. The lowest BCUT2D eigenvalue weighted by Gasteiger charge is -2.14. The van der Waals surface area contributed by atoms with Gasteiger partial charge < -0.3 is 9.84 Å². The van der Waals surface area contributed by atoms with Gasteiger partial charge in [-0.05, 0) is 0 Å². The third-order valence-corrected chi connectivity index (χ3v) is 4.37. The number of anilines is 1. The number of carbonyl (C=O) groups is 1. The molecule has 14 heteroatoms. The van der Waals surface area contributed by atoms with Crippen LogP contribution in [-0.2, 0) is 18.6 Å². The number of aromatic amines is 1. The van der Waals surface area contributed by atoms with Crippen molar-refractivity contribution in [2.75, 3.05) is 11.9 Å². The molecule has 1 unspecified atom stereocenters. The van der Waals surface area contributed by atoms with E-state index in [0.717, 1.165) is 4.68 Å². The molecular formula is C13H18N6O7P+. The molecule has 4 N–H and O–H groups in total. The largest absolute Gasteiger partial charge is 0.695 e. The van der Waals surface area contributed by atoms with Crippen molar-refractivity contribution in [1.29, 1.82) is 0 Å². The normalized spacial score (nSPS) is 23.1. The highest BCUT2D eigenvalue weighted by molar-refractivity contribution is 7.32. The van der Waals surface area contributed by atoms with Gasteiger partial charge in [0.1, 0.15) is 0 Å². The number of aliphatic hydroxyl groups excluding tert-OH is 1. The minimum Gasteiger partial charge on any atom is -0.394 e. The Hall–Kier alpha value is -2.31. The van der Waals surface area contributed by atoms with Crippen LogP contribution < -0.4 is 10.9 Å². The third-order valence-electron chi connectivity index (χ3n) is 3.92. The van der Waals surface area contributed by atoms with Gasteiger partial charge in [-0.25, -0.2) is 0 Å². The van der Waals surface area contributed by atoms with Gasteiger partial charge >= 0.3 is 8.25 Å². The Bertz CT molecular complexity index is 928. The first-order valence-corrected chi connectivity index (χ1v) is 9.18. The zero-order valence-electron chi connectivity index (χ0n) is 14.4. The van der Waals surface area contributed by atoms with E-state index in [2.05, 4.69) is 25.6 Å². The van der Waals surface area contributed by atoms with E-state index >= 15 is 0 Å². The minimum absolute atomic E-state index is 0.0110. The number of rotatable bonds is 6. The van der Waals surface area contributed by atoms with E-state index in [1.807, 2.05) is 0 Å². The van der Waals surface area contributed by atoms with Crippen LogP contribution in [0.1, 0.15) is 26.5 Å². The highest BCUT2D eigenvalue weighted by Gasteiger charge is 2.44. The van der Waals surface area contributed by atoms with E-state index < -0.39 is 32.2 Å². The molecule has 0 bridgehead atoms. The second kappa shape index (κ2) is 7.74. The van der Waals surface area contributed by atoms with Crippen LogP contribution in [0.5, 0.6) is 0 Å². The van der Waals surface area contributed by atoms with Gasteiger partial charge in [0.05, 0.1) is 12.7 Å². The molecule has 2 aromatic heterocycles. The Kier molecular flexibility index (Phi) is 5.58. The monoisotopic (exact) mass is 401 g/mol. The van der Waals surface area contributed by atoms with Crippen LogP contribution >= 0.6 is 8.25 Å². The number of hydrogen-bond donors (Lipinski definition) is 4. The van der Waals surface area contributed by atoms with Gasteiger partial charge in [0.15, 0.2) is 23.5 Å². The van der Waals surface area contributed by atoms with Crippen molar-refractivity contribution in [1.82, 2.24) is 25.0 Å². The Labute approximate surface area is 152 Å². The minimum atomic E-state index is -2.93. The second-order valence-electron chi connectivity index (χ2n) is 6.21. The summed E-state index contributed by atoms with van der Waals surface area (Å²) in [5.41, 5.74) is -0.753.